The standard InChI is InChI=1S/C10H14NO2S/c1-6-9(14-5-11-6)8-7(2)12-10(3,4)13-8/h5,7-8H,2H2,1,3-4H3/t7-,8+/m0/s1. The molecule has 0 amide bonds. The lowest BCUT2D eigenvalue weighted by Gasteiger charge is -2.16. The highest BCUT2D eigenvalue weighted by atomic mass is 32.1. The molecule has 1 fully saturated rings. The van der Waals surface area contributed by atoms with Gasteiger partial charge in [0.05, 0.1) is 22.2 Å². The number of aromatic nitrogens is 1. The second-order valence-electron chi connectivity index (χ2n) is 3.90. The summed E-state index contributed by atoms with van der Waals surface area (Å²) in [7, 11) is 0. The zero-order valence-corrected chi connectivity index (χ0v) is 9.43. The molecule has 0 aliphatic carbocycles. The Bertz CT molecular complexity index is 335. The first-order chi connectivity index (χ1) is 6.49. The topological polar surface area (TPSA) is 31.4 Å². The highest BCUT2D eigenvalue weighted by molar-refractivity contribution is 7.09. The Balaban J connectivity index is 2.25. The third kappa shape index (κ3) is 1.69. The molecule has 1 aliphatic heterocycles. The van der Waals surface area contributed by atoms with E-state index in [1.165, 1.54) is 0 Å². The fourth-order valence-electron chi connectivity index (χ4n) is 1.64. The third-order valence-corrected chi connectivity index (χ3v) is 3.22. The molecular weight excluding hydrogens is 198 g/mol. The van der Waals surface area contributed by atoms with Crippen molar-refractivity contribution in [2.45, 2.75) is 38.8 Å². The van der Waals surface area contributed by atoms with Crippen LogP contribution >= 0.6 is 11.3 Å². The number of hydrogen-bond donors (Lipinski definition) is 0. The van der Waals surface area contributed by atoms with Crippen molar-refractivity contribution >= 4 is 11.3 Å². The Morgan fingerprint density at radius 1 is 1.50 bits per heavy atom. The van der Waals surface area contributed by atoms with Crippen LogP contribution in [0.25, 0.3) is 0 Å². The third-order valence-electron chi connectivity index (χ3n) is 2.22. The summed E-state index contributed by atoms with van der Waals surface area (Å²) in [4.78, 5) is 5.32. The minimum absolute atomic E-state index is 0.0718. The minimum atomic E-state index is -0.534. The molecule has 2 heterocycles. The summed E-state index contributed by atoms with van der Waals surface area (Å²) in [6, 6.07) is 0. The Hall–Kier alpha value is -0.450. The van der Waals surface area contributed by atoms with Crippen LogP contribution in [0.1, 0.15) is 30.5 Å². The van der Waals surface area contributed by atoms with Crippen LogP contribution in [0.5, 0.6) is 0 Å². The van der Waals surface area contributed by atoms with Gasteiger partial charge >= 0.3 is 0 Å². The number of aryl methyl sites for hydroxylation is 1. The van der Waals surface area contributed by atoms with E-state index in [1.54, 1.807) is 11.3 Å². The van der Waals surface area contributed by atoms with Gasteiger partial charge in [-0.2, -0.15) is 0 Å². The fraction of sp³-hybridized carbons (Fsp3) is 0.600. The highest BCUT2D eigenvalue weighted by Gasteiger charge is 2.40. The molecule has 77 valence electrons. The summed E-state index contributed by atoms with van der Waals surface area (Å²) in [6.45, 7) is 9.73. The molecule has 14 heavy (non-hydrogen) atoms. The molecule has 1 saturated heterocycles. The Morgan fingerprint density at radius 2 is 2.21 bits per heavy atom. The van der Waals surface area contributed by atoms with Crippen molar-refractivity contribution in [2.75, 3.05) is 0 Å². The molecular formula is C10H14NO2S. The largest absolute Gasteiger partial charge is 0.344 e. The zero-order valence-electron chi connectivity index (χ0n) is 8.61. The average molecular weight is 212 g/mol. The van der Waals surface area contributed by atoms with E-state index in [2.05, 4.69) is 11.9 Å². The molecule has 4 heteroatoms. The molecule has 0 unspecified atom stereocenters. The number of rotatable bonds is 1. The SMILES string of the molecule is [CH2][C@@H]1OC(C)(C)O[C@H]1c1scnc1C. The lowest BCUT2D eigenvalue weighted by molar-refractivity contribution is -0.143. The molecule has 2 atom stereocenters. The van der Waals surface area contributed by atoms with E-state index in [0.29, 0.717) is 0 Å². The number of thiazole rings is 1. The summed E-state index contributed by atoms with van der Waals surface area (Å²) in [5.41, 5.74) is 2.83. The van der Waals surface area contributed by atoms with Crippen molar-refractivity contribution in [1.82, 2.24) is 4.98 Å². The fourth-order valence-corrected chi connectivity index (χ4v) is 2.52. The Kier molecular flexibility index (Phi) is 2.37. The van der Waals surface area contributed by atoms with E-state index < -0.39 is 5.79 Å². The van der Waals surface area contributed by atoms with Gasteiger partial charge in [0, 0.05) is 0 Å². The molecule has 2 rings (SSSR count). The minimum Gasteiger partial charge on any atom is -0.344 e. The predicted octanol–water partition coefficient (Wildman–Crippen LogP) is 2.48. The second-order valence-corrected chi connectivity index (χ2v) is 4.78. The molecule has 0 N–H and O–H groups in total. The molecule has 1 radical (unpaired) electrons. The first-order valence-corrected chi connectivity index (χ1v) is 5.46. The first-order valence-electron chi connectivity index (χ1n) is 4.58. The van der Waals surface area contributed by atoms with E-state index >= 15 is 0 Å². The van der Waals surface area contributed by atoms with Crippen molar-refractivity contribution in [3.8, 4) is 0 Å². The molecule has 3 nitrogen and oxygen atoms in total. The molecule has 1 aromatic heterocycles. The van der Waals surface area contributed by atoms with Crippen molar-refractivity contribution < 1.29 is 9.47 Å². The van der Waals surface area contributed by atoms with Gasteiger partial charge < -0.3 is 9.47 Å². The monoisotopic (exact) mass is 212 g/mol. The van der Waals surface area contributed by atoms with Gasteiger partial charge in [0.15, 0.2) is 5.79 Å². The van der Waals surface area contributed by atoms with Gasteiger partial charge in [0.1, 0.15) is 6.10 Å². The lowest BCUT2D eigenvalue weighted by Crippen LogP contribution is -2.20. The maximum atomic E-state index is 5.77. The summed E-state index contributed by atoms with van der Waals surface area (Å²) in [6.07, 6.45) is -0.221. The van der Waals surface area contributed by atoms with Crippen LogP contribution in [0.15, 0.2) is 5.51 Å². The van der Waals surface area contributed by atoms with Crippen LogP contribution in [0.3, 0.4) is 0 Å². The van der Waals surface area contributed by atoms with Crippen LogP contribution < -0.4 is 0 Å². The molecule has 0 spiro atoms. The van der Waals surface area contributed by atoms with Gasteiger partial charge in [0.25, 0.3) is 0 Å². The van der Waals surface area contributed by atoms with Crippen molar-refractivity contribution in [2.24, 2.45) is 0 Å². The molecule has 0 bridgehead atoms. The van der Waals surface area contributed by atoms with E-state index in [9.17, 15) is 0 Å². The van der Waals surface area contributed by atoms with E-state index in [1.807, 2.05) is 26.3 Å². The first kappa shape index (κ1) is 10.1. The van der Waals surface area contributed by atoms with Crippen molar-refractivity contribution in [3.05, 3.63) is 23.0 Å². The summed E-state index contributed by atoms with van der Waals surface area (Å²) in [5.74, 6) is -0.534. The summed E-state index contributed by atoms with van der Waals surface area (Å²) in [5, 5.41) is 0. The van der Waals surface area contributed by atoms with Crippen LogP contribution in [0.2, 0.25) is 0 Å². The van der Waals surface area contributed by atoms with E-state index in [0.717, 1.165) is 10.6 Å². The zero-order chi connectivity index (χ0) is 10.3. The van der Waals surface area contributed by atoms with Gasteiger partial charge in [-0.3, -0.25) is 0 Å². The molecule has 0 saturated carbocycles. The lowest BCUT2D eigenvalue weighted by atomic mass is 10.2. The Morgan fingerprint density at radius 3 is 2.64 bits per heavy atom. The summed E-state index contributed by atoms with van der Waals surface area (Å²) < 4.78 is 11.4. The highest BCUT2D eigenvalue weighted by Crippen LogP contribution is 2.40. The van der Waals surface area contributed by atoms with Crippen LogP contribution in [-0.2, 0) is 9.47 Å². The van der Waals surface area contributed by atoms with Gasteiger partial charge in [-0.1, -0.05) is 0 Å². The number of nitrogens with zero attached hydrogens (tertiary/aromatic N) is 1. The van der Waals surface area contributed by atoms with E-state index in [4.69, 9.17) is 9.47 Å². The van der Waals surface area contributed by atoms with Crippen molar-refractivity contribution in [3.63, 3.8) is 0 Å². The number of hydrogen-bond acceptors (Lipinski definition) is 4. The average Bonchev–Trinajstić information content (AvgIpc) is 2.55. The summed E-state index contributed by atoms with van der Waals surface area (Å²) >= 11 is 1.60. The normalized spacial score (nSPS) is 30.9. The quantitative estimate of drug-likeness (QED) is 0.716. The molecule has 1 aliphatic rings. The van der Waals surface area contributed by atoms with Crippen LogP contribution in [0, 0.1) is 13.8 Å². The van der Waals surface area contributed by atoms with Crippen LogP contribution in [-0.4, -0.2) is 16.9 Å². The van der Waals surface area contributed by atoms with Crippen molar-refractivity contribution in [1.29, 1.82) is 0 Å². The van der Waals surface area contributed by atoms with Gasteiger partial charge in [-0.05, 0) is 27.7 Å². The molecule has 1 aromatic rings. The van der Waals surface area contributed by atoms with E-state index in [-0.39, 0.29) is 12.2 Å². The van der Waals surface area contributed by atoms with Gasteiger partial charge in [-0.25, -0.2) is 4.98 Å². The maximum Gasteiger partial charge on any atom is 0.164 e. The second kappa shape index (κ2) is 3.29. The van der Waals surface area contributed by atoms with Gasteiger partial charge in [-0.15, -0.1) is 11.3 Å². The molecule has 0 aromatic carbocycles. The maximum absolute atomic E-state index is 5.77. The van der Waals surface area contributed by atoms with Crippen LogP contribution in [0.4, 0.5) is 0 Å². The smallest absolute Gasteiger partial charge is 0.164 e. The predicted molar refractivity (Wildman–Crippen MR) is 55.0 cm³/mol. The number of ether oxygens (including phenoxy) is 2. The van der Waals surface area contributed by atoms with Gasteiger partial charge in [0.2, 0.25) is 0 Å². The Labute approximate surface area is 88.1 Å².